The highest BCUT2D eigenvalue weighted by Gasteiger charge is 2.29. The van der Waals surface area contributed by atoms with Crippen molar-refractivity contribution < 1.29 is 64.5 Å². The summed E-state index contributed by atoms with van der Waals surface area (Å²) < 4.78 is 94.5. The van der Waals surface area contributed by atoms with Gasteiger partial charge in [-0.1, -0.05) is 48.6 Å². The van der Waals surface area contributed by atoms with Gasteiger partial charge < -0.3 is 30.4 Å². The zero-order valence-corrected chi connectivity index (χ0v) is 34.5. The van der Waals surface area contributed by atoms with Crippen LogP contribution < -0.4 is 30.4 Å². The largest absolute Gasteiger partial charge is 0.484 e. The van der Waals surface area contributed by atoms with Crippen molar-refractivity contribution in [2.45, 2.75) is 25.2 Å². The molecule has 10 nitrogen and oxygen atoms in total. The summed E-state index contributed by atoms with van der Waals surface area (Å²) in [5.41, 5.74) is 17.1. The molecule has 0 aliphatic carbocycles. The number of halogens is 6. The highest BCUT2D eigenvalue weighted by Crippen LogP contribution is 2.32. The fourth-order valence-corrected chi connectivity index (χ4v) is 6.25. The van der Waals surface area contributed by atoms with Crippen LogP contribution >= 0.6 is 0 Å². The van der Waals surface area contributed by atoms with Crippen molar-refractivity contribution in [1.82, 2.24) is 0 Å². The molecular formula is C50H38F6N2O8. The van der Waals surface area contributed by atoms with Crippen LogP contribution in [-0.4, -0.2) is 49.1 Å². The van der Waals surface area contributed by atoms with Crippen molar-refractivity contribution in [2.75, 3.05) is 24.7 Å². The molecule has 0 saturated heterocycles. The second-order valence-electron chi connectivity index (χ2n) is 14.6. The van der Waals surface area contributed by atoms with Crippen molar-refractivity contribution >= 4 is 47.0 Å². The lowest BCUT2D eigenvalue weighted by Gasteiger charge is -2.14. The Morgan fingerprint density at radius 1 is 0.455 bits per heavy atom. The summed E-state index contributed by atoms with van der Waals surface area (Å²) in [5.74, 6) is -1.71. The van der Waals surface area contributed by atoms with E-state index in [1.807, 2.05) is 0 Å². The highest BCUT2D eigenvalue weighted by atomic mass is 19.4. The SMILES string of the molecule is Nc1ccc(-c2ccc(N)cc2CC(=O)/C=C/c2ccc(OC(=O)c3ccc(OCC(F)(F)F)cc3)cc2)c(CC(=O)/C=C/c2ccc(OC(=O)c3ccc(OCC(F)(F)F)cc3)cc2)c1. The number of ketones is 2. The van der Waals surface area contributed by atoms with Crippen LogP contribution in [0.15, 0.2) is 146 Å². The van der Waals surface area contributed by atoms with Crippen LogP contribution in [0.25, 0.3) is 23.3 Å². The molecule has 4 N–H and O–H groups in total. The lowest BCUT2D eigenvalue weighted by molar-refractivity contribution is -0.154. The second-order valence-corrected chi connectivity index (χ2v) is 14.6. The first-order valence-electron chi connectivity index (χ1n) is 19.8. The van der Waals surface area contributed by atoms with Crippen LogP contribution in [0.3, 0.4) is 0 Å². The zero-order valence-electron chi connectivity index (χ0n) is 34.5. The van der Waals surface area contributed by atoms with Gasteiger partial charge in [-0.25, -0.2) is 9.59 Å². The molecule has 66 heavy (non-hydrogen) atoms. The van der Waals surface area contributed by atoms with Gasteiger partial charge in [0.05, 0.1) is 11.1 Å². The number of nitrogens with two attached hydrogens (primary N) is 2. The molecule has 0 aromatic heterocycles. The minimum atomic E-state index is -4.50. The standard InChI is InChI=1S/C50H38F6N2O8/c51-49(52,53)29-63-41-19-7-33(8-20-41)47(61)65-43-15-3-31(4-16-43)1-13-39(59)27-35-25-37(57)11-23-45(35)46-24-12-38(58)26-36(46)28-40(60)14-2-32-5-17-44(18-6-32)66-48(62)34-9-21-42(22-10-34)64-30-50(54,55)56/h1-26H,27-30,57-58H2/b13-1+,14-2+. The van der Waals surface area contributed by atoms with E-state index in [0.717, 1.165) is 0 Å². The highest BCUT2D eigenvalue weighted by molar-refractivity contribution is 5.98. The summed E-state index contributed by atoms with van der Waals surface area (Å²) in [7, 11) is 0. The second kappa shape index (κ2) is 21.0. The normalized spacial score (nSPS) is 11.7. The number of nitrogen functional groups attached to an aromatic ring is 2. The molecule has 0 unspecified atom stereocenters. The number of rotatable bonds is 17. The summed E-state index contributed by atoms with van der Waals surface area (Å²) in [6.45, 7) is -2.92. The van der Waals surface area contributed by atoms with Crippen molar-refractivity contribution in [1.29, 1.82) is 0 Å². The molecule has 0 spiro atoms. The molecular weight excluding hydrogens is 871 g/mol. The predicted molar refractivity (Wildman–Crippen MR) is 235 cm³/mol. The van der Waals surface area contributed by atoms with E-state index >= 15 is 0 Å². The summed E-state index contributed by atoms with van der Waals surface area (Å²) in [4.78, 5) is 51.7. The summed E-state index contributed by atoms with van der Waals surface area (Å²) >= 11 is 0. The maximum Gasteiger partial charge on any atom is 0.422 e. The third-order valence-corrected chi connectivity index (χ3v) is 9.37. The van der Waals surface area contributed by atoms with Crippen LogP contribution in [-0.2, 0) is 22.4 Å². The van der Waals surface area contributed by atoms with Crippen LogP contribution in [0.1, 0.15) is 43.0 Å². The van der Waals surface area contributed by atoms with Crippen LogP contribution in [0, 0.1) is 0 Å². The minimum Gasteiger partial charge on any atom is -0.484 e. The number of anilines is 2. The number of alkyl halides is 6. The average molecular weight is 909 g/mol. The maximum atomic E-state index is 13.3. The molecule has 0 bridgehead atoms. The third-order valence-electron chi connectivity index (χ3n) is 9.37. The number of hydrogen-bond donors (Lipinski definition) is 2. The van der Waals surface area contributed by atoms with E-state index < -0.39 is 37.5 Å². The summed E-state index contributed by atoms with van der Waals surface area (Å²) in [6.07, 6.45) is -3.11. The molecule has 6 rings (SSSR count). The van der Waals surface area contributed by atoms with Gasteiger partial charge in [-0.05, 0) is 143 Å². The lowest BCUT2D eigenvalue weighted by Crippen LogP contribution is -2.19. The average Bonchev–Trinajstić information content (AvgIpc) is 3.27. The van der Waals surface area contributed by atoms with Gasteiger partial charge in [0.2, 0.25) is 0 Å². The van der Waals surface area contributed by atoms with E-state index in [1.54, 1.807) is 72.8 Å². The van der Waals surface area contributed by atoms with Gasteiger partial charge in [0.25, 0.3) is 0 Å². The molecule has 0 atom stereocenters. The molecule has 6 aromatic carbocycles. The van der Waals surface area contributed by atoms with E-state index in [9.17, 15) is 45.5 Å². The lowest BCUT2D eigenvalue weighted by atomic mass is 9.90. The Balaban J connectivity index is 1.04. The molecule has 0 saturated carbocycles. The number of carbonyl (C=O) groups excluding carboxylic acids is 4. The number of hydrogen-bond acceptors (Lipinski definition) is 10. The van der Waals surface area contributed by atoms with E-state index in [-0.39, 0.29) is 58.5 Å². The van der Waals surface area contributed by atoms with Crippen molar-refractivity contribution in [3.8, 4) is 34.1 Å². The Kier molecular flexibility index (Phi) is 15.1. The van der Waals surface area contributed by atoms with Crippen LogP contribution in [0.4, 0.5) is 37.7 Å². The topological polar surface area (TPSA) is 157 Å². The Labute approximate surface area is 373 Å². The fourth-order valence-electron chi connectivity index (χ4n) is 6.25. The van der Waals surface area contributed by atoms with Crippen molar-refractivity contribution in [3.63, 3.8) is 0 Å². The molecule has 0 amide bonds. The van der Waals surface area contributed by atoms with Gasteiger partial charge in [-0.3, -0.25) is 9.59 Å². The molecule has 0 radical (unpaired) electrons. The number of benzene rings is 6. The van der Waals surface area contributed by atoms with E-state index in [0.29, 0.717) is 44.8 Å². The van der Waals surface area contributed by atoms with Crippen molar-refractivity contribution in [2.24, 2.45) is 0 Å². The van der Waals surface area contributed by atoms with Gasteiger partial charge in [0.15, 0.2) is 24.8 Å². The molecule has 338 valence electrons. The van der Waals surface area contributed by atoms with Gasteiger partial charge in [-0.2, -0.15) is 26.3 Å². The molecule has 16 heteroatoms. The Morgan fingerprint density at radius 3 is 1.12 bits per heavy atom. The van der Waals surface area contributed by atoms with E-state index in [4.69, 9.17) is 20.9 Å². The molecule has 6 aromatic rings. The van der Waals surface area contributed by atoms with Crippen LogP contribution in [0.2, 0.25) is 0 Å². The van der Waals surface area contributed by atoms with Gasteiger partial charge in [-0.15, -0.1) is 0 Å². The predicted octanol–water partition coefficient (Wildman–Crippen LogP) is 10.5. The first-order valence-corrected chi connectivity index (χ1v) is 19.8. The number of esters is 2. The first kappa shape index (κ1) is 47.3. The maximum absolute atomic E-state index is 13.3. The quantitative estimate of drug-likeness (QED) is 0.0297. The number of allylic oxidation sites excluding steroid dienone is 2. The third kappa shape index (κ3) is 14.5. The van der Waals surface area contributed by atoms with E-state index in [1.165, 1.54) is 84.9 Å². The van der Waals surface area contributed by atoms with Gasteiger partial charge in [0.1, 0.15) is 23.0 Å². The zero-order chi connectivity index (χ0) is 47.4. The first-order chi connectivity index (χ1) is 31.4. The molecule has 0 heterocycles. The Morgan fingerprint density at radius 2 is 0.788 bits per heavy atom. The molecule has 0 fully saturated rings. The fraction of sp³-hybridized carbons (Fsp3) is 0.120. The number of ether oxygens (including phenoxy) is 4. The van der Waals surface area contributed by atoms with E-state index in [2.05, 4.69) is 9.47 Å². The molecule has 0 aliphatic rings. The van der Waals surface area contributed by atoms with Gasteiger partial charge in [0, 0.05) is 24.2 Å². The molecule has 0 aliphatic heterocycles. The number of carbonyl (C=O) groups is 4. The summed E-state index contributed by atoms with van der Waals surface area (Å²) in [6, 6.07) is 32.9. The minimum absolute atomic E-state index is 0.0395. The van der Waals surface area contributed by atoms with Gasteiger partial charge >= 0.3 is 24.3 Å². The summed E-state index contributed by atoms with van der Waals surface area (Å²) in [5, 5.41) is 0. The monoisotopic (exact) mass is 908 g/mol. The smallest absolute Gasteiger partial charge is 0.422 e. The van der Waals surface area contributed by atoms with Crippen LogP contribution in [0.5, 0.6) is 23.0 Å². The van der Waals surface area contributed by atoms with Crippen molar-refractivity contribution in [3.05, 3.63) is 179 Å². The Bertz CT molecular complexity index is 2560. The Hall–Kier alpha value is -8.14.